The highest BCUT2D eigenvalue weighted by atomic mass is 16.8. The van der Waals surface area contributed by atoms with E-state index in [2.05, 4.69) is 55.6 Å². The Hall–Kier alpha value is -1.99. The normalized spacial score (nSPS) is 29.0. The minimum absolute atomic E-state index is 0.243. The van der Waals surface area contributed by atoms with Gasteiger partial charge < -0.3 is 89.9 Å². The van der Waals surface area contributed by atoms with Crippen LogP contribution in [0.3, 0.4) is 0 Å². The van der Waals surface area contributed by atoms with Gasteiger partial charge in [0.15, 0.2) is 18.9 Å². The fraction of sp³-hybridized carbons (Fsp3) is 0.896. The zero-order valence-electron chi connectivity index (χ0n) is 53.0. The summed E-state index contributed by atoms with van der Waals surface area (Å²) in [5, 5.41) is 120. The van der Waals surface area contributed by atoms with Crippen molar-refractivity contribution < 1.29 is 89.4 Å². The van der Waals surface area contributed by atoms with Gasteiger partial charge in [0, 0.05) is 6.42 Å². The fourth-order valence-electron chi connectivity index (χ4n) is 11.6. The van der Waals surface area contributed by atoms with Crippen LogP contribution in [0.25, 0.3) is 0 Å². The summed E-state index contributed by atoms with van der Waals surface area (Å²) in [6.45, 7) is 1.77. The molecular formula is C67H123NO18. The van der Waals surface area contributed by atoms with Crippen molar-refractivity contribution in [1.29, 1.82) is 0 Å². The van der Waals surface area contributed by atoms with E-state index in [1.54, 1.807) is 0 Å². The summed E-state index contributed by atoms with van der Waals surface area (Å²) < 4.78 is 34.3. The number of unbranched alkanes of at least 4 members (excludes halogenated alkanes) is 30. The lowest BCUT2D eigenvalue weighted by Crippen LogP contribution is -2.66. The monoisotopic (exact) mass is 1230 g/mol. The second kappa shape index (κ2) is 49.7. The molecule has 86 heavy (non-hydrogen) atoms. The maximum absolute atomic E-state index is 13.4. The highest BCUT2D eigenvalue weighted by molar-refractivity contribution is 5.76. The standard InChI is InChI=1S/C67H123NO18/c1-3-5-7-9-11-13-15-16-17-18-19-20-21-22-23-24-25-26-27-28-29-30-31-32-33-34-35-37-39-41-43-45-55(73)68-50(51(72)44-42-40-38-36-14-12-10-8-6-4-2)49-81-65-61(79)58(76)63(53(47-70)83-65)86-67-62(80)59(77)64(54(48-71)84-67)85-66-60(78)57(75)56(74)52(46-69)82-66/h15-16,18-19,21-22,50-54,56-67,69-72,74-80H,3-14,17,20,23-49H2,1-2H3,(H,68,73)/b16-15-,19-18-,22-21-. The molecule has 0 saturated carbocycles. The van der Waals surface area contributed by atoms with E-state index in [4.69, 9.17) is 28.4 Å². The smallest absolute Gasteiger partial charge is 0.220 e. The number of nitrogens with one attached hydrogen (secondary N) is 1. The number of aliphatic hydroxyl groups is 11. The predicted octanol–water partition coefficient (Wildman–Crippen LogP) is 8.44. The molecule has 3 rings (SSSR count). The summed E-state index contributed by atoms with van der Waals surface area (Å²) in [6.07, 6.45) is 29.7. The minimum atomic E-state index is -1.97. The molecule has 0 aromatic rings. The molecular weight excluding hydrogens is 1110 g/mol. The van der Waals surface area contributed by atoms with Crippen molar-refractivity contribution in [3.05, 3.63) is 36.5 Å². The van der Waals surface area contributed by atoms with E-state index in [0.717, 1.165) is 57.8 Å². The Morgan fingerprint density at radius 1 is 0.419 bits per heavy atom. The largest absolute Gasteiger partial charge is 0.394 e. The quantitative estimate of drug-likeness (QED) is 0.0201. The number of allylic oxidation sites excluding steroid dienone is 6. The first-order chi connectivity index (χ1) is 41.8. The molecule has 12 N–H and O–H groups in total. The Kier molecular flexibility index (Phi) is 45.2. The summed E-state index contributed by atoms with van der Waals surface area (Å²) in [6, 6.07) is -0.885. The Morgan fingerprint density at radius 3 is 1.20 bits per heavy atom. The van der Waals surface area contributed by atoms with Crippen molar-refractivity contribution in [3.63, 3.8) is 0 Å². The molecule has 0 aromatic heterocycles. The molecule has 19 heteroatoms. The molecule has 0 aromatic carbocycles. The lowest BCUT2D eigenvalue weighted by Gasteiger charge is -2.48. The van der Waals surface area contributed by atoms with Gasteiger partial charge in [0.2, 0.25) is 5.91 Å². The van der Waals surface area contributed by atoms with Crippen LogP contribution in [-0.4, -0.2) is 193 Å². The van der Waals surface area contributed by atoms with Crippen LogP contribution < -0.4 is 5.32 Å². The Bertz CT molecular complexity index is 1710. The molecule has 3 aliphatic heterocycles. The fourth-order valence-corrected chi connectivity index (χ4v) is 11.6. The molecule has 17 atom stereocenters. The Morgan fingerprint density at radius 2 is 0.767 bits per heavy atom. The van der Waals surface area contributed by atoms with Crippen LogP contribution in [0.5, 0.6) is 0 Å². The van der Waals surface area contributed by atoms with E-state index in [-0.39, 0.29) is 18.9 Å². The molecule has 504 valence electrons. The topological polar surface area (TPSA) is 307 Å². The number of hydrogen-bond acceptors (Lipinski definition) is 18. The third-order valence-corrected chi connectivity index (χ3v) is 17.2. The van der Waals surface area contributed by atoms with Gasteiger partial charge in [-0.3, -0.25) is 4.79 Å². The highest BCUT2D eigenvalue weighted by Gasteiger charge is 2.53. The van der Waals surface area contributed by atoms with E-state index >= 15 is 0 Å². The summed E-state index contributed by atoms with van der Waals surface area (Å²) in [5.41, 5.74) is 0. The van der Waals surface area contributed by atoms with Gasteiger partial charge in [-0.1, -0.05) is 230 Å². The van der Waals surface area contributed by atoms with Gasteiger partial charge in [-0.2, -0.15) is 0 Å². The molecule has 0 spiro atoms. The van der Waals surface area contributed by atoms with Crippen LogP contribution in [0.2, 0.25) is 0 Å². The molecule has 0 radical (unpaired) electrons. The van der Waals surface area contributed by atoms with Crippen molar-refractivity contribution >= 4 is 5.91 Å². The molecule has 3 fully saturated rings. The zero-order chi connectivity index (χ0) is 62.6. The summed E-state index contributed by atoms with van der Waals surface area (Å²) in [4.78, 5) is 13.4. The first kappa shape index (κ1) is 78.3. The maximum atomic E-state index is 13.4. The number of aliphatic hydroxyl groups excluding tert-OH is 11. The average molecular weight is 1230 g/mol. The van der Waals surface area contributed by atoms with Crippen LogP contribution >= 0.6 is 0 Å². The van der Waals surface area contributed by atoms with E-state index in [9.17, 15) is 61.0 Å². The molecule has 0 aliphatic carbocycles. The van der Waals surface area contributed by atoms with Gasteiger partial charge in [0.1, 0.15) is 73.2 Å². The van der Waals surface area contributed by atoms with E-state index in [1.165, 1.54) is 161 Å². The van der Waals surface area contributed by atoms with E-state index < -0.39 is 124 Å². The van der Waals surface area contributed by atoms with Crippen LogP contribution in [0.4, 0.5) is 0 Å². The molecule has 1 amide bonds. The molecule has 3 heterocycles. The Labute approximate surface area is 517 Å². The van der Waals surface area contributed by atoms with Gasteiger partial charge in [-0.05, 0) is 51.4 Å². The van der Waals surface area contributed by atoms with Crippen molar-refractivity contribution in [2.24, 2.45) is 0 Å². The lowest BCUT2D eigenvalue weighted by atomic mass is 9.96. The molecule has 19 nitrogen and oxygen atoms in total. The number of carbonyl (C=O) groups excluding carboxylic acids is 1. The zero-order valence-corrected chi connectivity index (χ0v) is 53.0. The van der Waals surface area contributed by atoms with E-state index in [0.29, 0.717) is 12.8 Å². The van der Waals surface area contributed by atoms with Crippen molar-refractivity contribution in [1.82, 2.24) is 5.32 Å². The second-order valence-electron chi connectivity index (χ2n) is 24.6. The second-order valence-corrected chi connectivity index (χ2v) is 24.6. The Balaban J connectivity index is 1.35. The number of rotatable bonds is 52. The van der Waals surface area contributed by atoms with Crippen molar-refractivity contribution in [3.8, 4) is 0 Å². The van der Waals surface area contributed by atoms with Crippen LogP contribution in [0.1, 0.15) is 251 Å². The molecule has 0 bridgehead atoms. The van der Waals surface area contributed by atoms with Gasteiger partial charge in [0.05, 0.1) is 38.6 Å². The van der Waals surface area contributed by atoms with E-state index in [1.807, 2.05) is 0 Å². The molecule has 17 unspecified atom stereocenters. The van der Waals surface area contributed by atoms with Gasteiger partial charge in [-0.15, -0.1) is 0 Å². The van der Waals surface area contributed by atoms with Gasteiger partial charge in [0.25, 0.3) is 0 Å². The van der Waals surface area contributed by atoms with Crippen LogP contribution in [-0.2, 0) is 33.2 Å². The minimum Gasteiger partial charge on any atom is -0.394 e. The third kappa shape index (κ3) is 31.8. The molecule has 3 aliphatic rings. The number of ether oxygens (including phenoxy) is 6. The van der Waals surface area contributed by atoms with Gasteiger partial charge >= 0.3 is 0 Å². The number of amides is 1. The summed E-state index contributed by atoms with van der Waals surface area (Å²) in [5.74, 6) is -0.243. The van der Waals surface area contributed by atoms with Gasteiger partial charge in [-0.25, -0.2) is 0 Å². The van der Waals surface area contributed by atoms with Crippen molar-refractivity contribution in [2.45, 2.75) is 356 Å². The summed E-state index contributed by atoms with van der Waals surface area (Å²) in [7, 11) is 0. The maximum Gasteiger partial charge on any atom is 0.220 e. The highest BCUT2D eigenvalue weighted by Crippen LogP contribution is 2.33. The first-order valence-electron chi connectivity index (χ1n) is 34.2. The van der Waals surface area contributed by atoms with Crippen molar-refractivity contribution in [2.75, 3.05) is 26.4 Å². The summed E-state index contributed by atoms with van der Waals surface area (Å²) >= 11 is 0. The number of hydrogen-bond donors (Lipinski definition) is 12. The molecule has 3 saturated heterocycles. The third-order valence-electron chi connectivity index (χ3n) is 17.2. The van der Waals surface area contributed by atoms with Crippen LogP contribution in [0, 0.1) is 0 Å². The predicted molar refractivity (Wildman–Crippen MR) is 333 cm³/mol. The SMILES string of the molecule is CCCCCCC/C=C\C/C=C\C/C=C\CCCCCCCCCCCCCCCCCCC(=O)NC(COC1OC(CO)C(OC2OC(CO)C(OC3OC(CO)C(O)C(O)C3O)C(O)C2O)C(O)C1O)C(O)CCCCCCCCCCCC. The lowest BCUT2D eigenvalue weighted by molar-refractivity contribution is -0.379. The van der Waals surface area contributed by atoms with Crippen LogP contribution in [0.15, 0.2) is 36.5 Å². The number of carbonyl (C=O) groups is 1. The average Bonchev–Trinajstić information content (AvgIpc) is 1.89. The first-order valence-corrected chi connectivity index (χ1v) is 34.2.